The van der Waals surface area contributed by atoms with E-state index in [0.717, 1.165) is 0 Å². The maximum Gasteiger partial charge on any atom is 0.490 e. The van der Waals surface area contributed by atoms with Gasteiger partial charge in [0.2, 0.25) is 0 Å². The van der Waals surface area contributed by atoms with Gasteiger partial charge in [-0.15, -0.1) is 0 Å². The third-order valence-electron chi connectivity index (χ3n) is 4.08. The molecule has 28 heavy (non-hydrogen) atoms. The summed E-state index contributed by atoms with van der Waals surface area (Å²) in [5.74, 6) is -1.59. The van der Waals surface area contributed by atoms with Gasteiger partial charge in [-0.25, -0.2) is 19.7 Å². The van der Waals surface area contributed by atoms with Crippen LogP contribution in [0.5, 0.6) is 0 Å². The van der Waals surface area contributed by atoms with Crippen LogP contribution in [0.25, 0.3) is 11.5 Å². The van der Waals surface area contributed by atoms with Crippen molar-refractivity contribution in [1.82, 2.24) is 29.3 Å². The molecular formula is C15H12F3N7O3. The zero-order chi connectivity index (χ0) is 19.9. The summed E-state index contributed by atoms with van der Waals surface area (Å²) in [5, 5.41) is 2.78. The lowest BCUT2D eigenvalue weighted by atomic mass is 10.1. The van der Waals surface area contributed by atoms with Gasteiger partial charge in [0.25, 0.3) is 5.56 Å². The molecular weight excluding hydrogens is 383 g/mol. The summed E-state index contributed by atoms with van der Waals surface area (Å²) in [6.07, 6.45) is 1.43. The number of imidazole rings is 1. The summed E-state index contributed by atoms with van der Waals surface area (Å²) < 4.78 is 43.8. The molecule has 0 atom stereocenters. The second-order valence-corrected chi connectivity index (χ2v) is 5.93. The Hall–Kier alpha value is -3.64. The maximum absolute atomic E-state index is 12.5. The van der Waals surface area contributed by atoms with Gasteiger partial charge in [0.05, 0.1) is 19.4 Å². The highest BCUT2D eigenvalue weighted by atomic mass is 19.4. The largest absolute Gasteiger partial charge is 0.490 e. The number of hydrogen-bond acceptors (Lipinski definition) is 7. The topological polar surface area (TPSA) is 111 Å². The third-order valence-corrected chi connectivity index (χ3v) is 4.08. The van der Waals surface area contributed by atoms with Crippen molar-refractivity contribution in [1.29, 1.82) is 0 Å². The monoisotopic (exact) mass is 395 g/mol. The van der Waals surface area contributed by atoms with Crippen LogP contribution in [0.4, 0.5) is 19.0 Å². The van der Waals surface area contributed by atoms with E-state index in [4.69, 9.17) is 0 Å². The van der Waals surface area contributed by atoms with Crippen LogP contribution < -0.4 is 10.5 Å². The fraction of sp³-hybridized carbons (Fsp3) is 0.267. The summed E-state index contributed by atoms with van der Waals surface area (Å²) in [5.41, 5.74) is -0.0380. The van der Waals surface area contributed by atoms with Gasteiger partial charge in [-0.1, -0.05) is 0 Å². The number of ether oxygens (including phenoxy) is 1. The first-order valence-corrected chi connectivity index (χ1v) is 7.97. The molecule has 1 N–H and O–H groups in total. The predicted octanol–water partition coefficient (Wildman–Crippen LogP) is 0.435. The number of aromatic nitrogens is 6. The van der Waals surface area contributed by atoms with Crippen LogP contribution in [0.15, 0.2) is 42.1 Å². The zero-order valence-electron chi connectivity index (χ0n) is 14.0. The predicted molar refractivity (Wildman–Crippen MR) is 87.2 cm³/mol. The Bertz CT molecular complexity index is 1050. The van der Waals surface area contributed by atoms with Crippen LogP contribution in [0.2, 0.25) is 0 Å². The Morgan fingerprint density at radius 2 is 2.00 bits per heavy atom. The molecule has 146 valence electrons. The highest BCUT2D eigenvalue weighted by Gasteiger charge is 2.44. The van der Waals surface area contributed by atoms with E-state index in [1.807, 2.05) is 0 Å². The van der Waals surface area contributed by atoms with Crippen molar-refractivity contribution in [2.24, 2.45) is 0 Å². The van der Waals surface area contributed by atoms with Crippen molar-refractivity contribution < 1.29 is 22.7 Å². The molecule has 3 aromatic heterocycles. The van der Waals surface area contributed by atoms with Crippen LogP contribution in [-0.2, 0) is 9.53 Å². The van der Waals surface area contributed by atoms with Gasteiger partial charge in [0.1, 0.15) is 23.9 Å². The molecule has 0 spiro atoms. The van der Waals surface area contributed by atoms with E-state index >= 15 is 0 Å². The molecule has 10 nitrogen and oxygen atoms in total. The number of aromatic amines is 1. The molecule has 0 unspecified atom stereocenters. The summed E-state index contributed by atoms with van der Waals surface area (Å²) in [7, 11) is 0. The maximum atomic E-state index is 12.5. The number of alkyl halides is 3. The van der Waals surface area contributed by atoms with E-state index in [-0.39, 0.29) is 24.5 Å². The fourth-order valence-electron chi connectivity index (χ4n) is 2.67. The molecule has 0 bridgehead atoms. The van der Waals surface area contributed by atoms with Gasteiger partial charge >= 0.3 is 12.1 Å². The smallest absolute Gasteiger partial charge is 0.452 e. The number of H-pyrrole nitrogens is 1. The third kappa shape index (κ3) is 3.21. The molecule has 0 saturated carbocycles. The standard InChI is InChI=1S/C15H12F3N7O3/c16-15(17,18)14(27)28-9-5-24(6-9)11-3-12(21-7-20-11)25-13(26)10(4-22-25)23-2-1-19-8-23/h1-4,7-9,22H,5-6H2. The number of rotatable bonds is 4. The van der Waals surface area contributed by atoms with E-state index in [0.29, 0.717) is 11.5 Å². The highest BCUT2D eigenvalue weighted by Crippen LogP contribution is 2.24. The number of esters is 1. The van der Waals surface area contributed by atoms with Crippen molar-refractivity contribution in [3.8, 4) is 11.5 Å². The lowest BCUT2D eigenvalue weighted by molar-refractivity contribution is -0.205. The SMILES string of the molecule is O=C(OC1CN(c2cc(-n3[nH]cc(-n4ccnc4)c3=O)ncn2)C1)C(F)(F)F. The molecule has 1 aliphatic heterocycles. The van der Waals surface area contributed by atoms with E-state index in [1.165, 1.54) is 40.4 Å². The van der Waals surface area contributed by atoms with E-state index in [2.05, 4.69) is 24.8 Å². The molecule has 1 aliphatic rings. The van der Waals surface area contributed by atoms with Gasteiger partial charge < -0.3 is 9.64 Å². The molecule has 0 radical (unpaired) electrons. The average Bonchev–Trinajstić information content (AvgIpc) is 3.26. The number of carbonyl (C=O) groups excluding carboxylic acids is 1. The number of nitrogens with one attached hydrogen (secondary N) is 1. The Labute approximate surface area is 154 Å². The molecule has 1 saturated heterocycles. The fourth-order valence-corrected chi connectivity index (χ4v) is 2.67. The first-order chi connectivity index (χ1) is 13.3. The molecule has 4 rings (SSSR count). The van der Waals surface area contributed by atoms with E-state index in [9.17, 15) is 22.8 Å². The molecule has 0 aliphatic carbocycles. The number of nitrogens with zero attached hydrogens (tertiary/aromatic N) is 6. The molecule has 0 aromatic carbocycles. The number of hydrogen-bond donors (Lipinski definition) is 1. The number of anilines is 1. The Morgan fingerprint density at radius 1 is 1.25 bits per heavy atom. The number of carbonyl (C=O) groups is 1. The van der Waals surface area contributed by atoms with E-state index < -0.39 is 18.2 Å². The van der Waals surface area contributed by atoms with Crippen LogP contribution in [-0.4, -0.2) is 60.6 Å². The minimum Gasteiger partial charge on any atom is -0.452 e. The highest BCUT2D eigenvalue weighted by molar-refractivity contribution is 5.76. The Morgan fingerprint density at radius 3 is 2.68 bits per heavy atom. The van der Waals surface area contributed by atoms with Crippen molar-refractivity contribution in [3.05, 3.63) is 47.7 Å². The number of halogens is 3. The molecule has 1 fully saturated rings. The van der Waals surface area contributed by atoms with Gasteiger partial charge in [0, 0.05) is 24.7 Å². The van der Waals surface area contributed by atoms with Crippen LogP contribution in [0.3, 0.4) is 0 Å². The van der Waals surface area contributed by atoms with Gasteiger partial charge in [0.15, 0.2) is 5.82 Å². The van der Waals surface area contributed by atoms with Crippen molar-refractivity contribution in [2.45, 2.75) is 12.3 Å². The molecule has 13 heteroatoms. The van der Waals surface area contributed by atoms with Gasteiger partial charge in [-0.3, -0.25) is 14.5 Å². The average molecular weight is 395 g/mol. The molecule has 0 amide bonds. The lowest BCUT2D eigenvalue weighted by Gasteiger charge is -2.39. The Balaban J connectivity index is 1.48. The van der Waals surface area contributed by atoms with Crippen molar-refractivity contribution in [2.75, 3.05) is 18.0 Å². The zero-order valence-corrected chi connectivity index (χ0v) is 14.0. The van der Waals surface area contributed by atoms with Crippen LogP contribution in [0, 0.1) is 0 Å². The lowest BCUT2D eigenvalue weighted by Crippen LogP contribution is -2.54. The summed E-state index contributed by atoms with van der Waals surface area (Å²) >= 11 is 0. The molecule has 4 heterocycles. The second kappa shape index (κ2) is 6.51. The first kappa shape index (κ1) is 17.8. The summed E-state index contributed by atoms with van der Waals surface area (Å²) in [6.45, 7) is 0.108. The minimum atomic E-state index is -5.02. The van der Waals surface area contributed by atoms with Gasteiger partial charge in [-0.2, -0.15) is 17.9 Å². The minimum absolute atomic E-state index is 0.0538. The second-order valence-electron chi connectivity index (χ2n) is 5.93. The summed E-state index contributed by atoms with van der Waals surface area (Å²) in [6, 6.07) is 1.50. The van der Waals surface area contributed by atoms with Crippen LogP contribution >= 0.6 is 0 Å². The van der Waals surface area contributed by atoms with E-state index in [1.54, 1.807) is 11.1 Å². The summed E-state index contributed by atoms with van der Waals surface area (Å²) in [4.78, 5) is 37.0. The van der Waals surface area contributed by atoms with Crippen LogP contribution in [0.1, 0.15) is 0 Å². The van der Waals surface area contributed by atoms with Gasteiger partial charge in [-0.05, 0) is 0 Å². The van der Waals surface area contributed by atoms with Crippen molar-refractivity contribution in [3.63, 3.8) is 0 Å². The quantitative estimate of drug-likeness (QED) is 0.638. The van der Waals surface area contributed by atoms with Crippen molar-refractivity contribution >= 4 is 11.8 Å². The Kier molecular flexibility index (Phi) is 4.13. The molecule has 3 aromatic rings. The first-order valence-electron chi connectivity index (χ1n) is 7.97. The normalized spacial score (nSPS) is 14.8.